The summed E-state index contributed by atoms with van der Waals surface area (Å²) in [7, 11) is 13.9. The summed E-state index contributed by atoms with van der Waals surface area (Å²) < 4.78 is 30.2. The first-order chi connectivity index (χ1) is 50.8. The summed E-state index contributed by atoms with van der Waals surface area (Å²) in [6.45, 7) is 24.0. The van der Waals surface area contributed by atoms with Gasteiger partial charge in [-0.15, -0.1) is 0 Å². The van der Waals surface area contributed by atoms with E-state index in [1.807, 2.05) is 136 Å². The van der Waals surface area contributed by atoms with Gasteiger partial charge in [0.2, 0.25) is 0 Å². The lowest BCUT2D eigenvalue weighted by Crippen LogP contribution is -2.19. The third-order valence-electron chi connectivity index (χ3n) is 17.2. The van der Waals surface area contributed by atoms with Crippen LogP contribution < -0.4 is 24.3 Å². The number of methoxy groups -OCH3 is 1. The van der Waals surface area contributed by atoms with Crippen LogP contribution in [-0.4, -0.2) is 154 Å². The number of aromatic amines is 3. The first-order valence-electron chi connectivity index (χ1n) is 36.8. The molecule has 0 atom stereocenters. The van der Waals surface area contributed by atoms with Crippen LogP contribution in [0.2, 0.25) is 5.02 Å². The number of unbranched alkanes of at least 4 members (excludes halogenated alkanes) is 4. The number of ether oxygens (including phenoxy) is 5. The van der Waals surface area contributed by atoms with E-state index < -0.39 is 0 Å². The van der Waals surface area contributed by atoms with Gasteiger partial charge in [-0.05, 0) is 215 Å². The minimum absolute atomic E-state index is 0.0991. The van der Waals surface area contributed by atoms with Crippen LogP contribution in [0, 0.1) is 18.3 Å². The molecule has 4 heterocycles. The molecule has 6 aromatic carbocycles. The van der Waals surface area contributed by atoms with Crippen LogP contribution in [0.1, 0.15) is 143 Å². The van der Waals surface area contributed by atoms with Crippen LogP contribution >= 0.6 is 11.6 Å². The Balaban J connectivity index is 0.000000196. The Bertz CT molecular complexity index is 4170. The monoisotopic (exact) mass is 1450 g/mol. The lowest BCUT2D eigenvalue weighted by Gasteiger charge is -2.17. The number of nitrogens with one attached hydrogen (secondary N) is 4. The normalized spacial score (nSPS) is 11.1. The van der Waals surface area contributed by atoms with Gasteiger partial charge in [0.05, 0.1) is 70.7 Å². The van der Waals surface area contributed by atoms with Gasteiger partial charge in [0.1, 0.15) is 34.5 Å². The minimum atomic E-state index is -0.137. The molecule has 0 aliphatic carbocycles. The molecule has 10 rings (SSSR count). The van der Waals surface area contributed by atoms with Crippen molar-refractivity contribution >= 4 is 17.5 Å². The molecule has 560 valence electrons. The highest BCUT2D eigenvalue weighted by Gasteiger charge is 2.18. The third-order valence-corrected chi connectivity index (χ3v) is 17.5. The summed E-state index contributed by atoms with van der Waals surface area (Å²) in [5, 5.41) is 39.0. The number of nitrogens with zero attached hydrogens (tertiary/aromatic N) is 10. The van der Waals surface area contributed by atoms with Crippen LogP contribution in [0.15, 0.2) is 158 Å². The Morgan fingerprint density at radius 1 is 0.581 bits per heavy atom. The van der Waals surface area contributed by atoms with E-state index in [0.717, 1.165) is 133 Å². The van der Waals surface area contributed by atoms with Gasteiger partial charge in [-0.2, -0.15) is 25.7 Å². The number of H-pyrrole nitrogens is 3. The molecule has 0 saturated heterocycles. The van der Waals surface area contributed by atoms with Crippen molar-refractivity contribution in [2.45, 2.75) is 139 Å². The Kier molecular flexibility index (Phi) is 34.9. The average molecular weight is 1450 g/mol. The molecule has 4 N–H and O–H groups in total. The van der Waals surface area contributed by atoms with E-state index in [4.69, 9.17) is 40.5 Å². The molecule has 0 radical (unpaired) electrons. The quantitative estimate of drug-likeness (QED) is 0.0269. The number of aryl methyl sites for hydroxylation is 2. The molecule has 0 bridgehead atoms. The predicted molar refractivity (Wildman–Crippen MR) is 424 cm³/mol. The number of hydrogen-bond acceptors (Lipinski definition) is 15. The van der Waals surface area contributed by atoms with Crippen LogP contribution in [0.4, 0.5) is 0 Å². The highest BCUT2D eigenvalue weighted by Crippen LogP contribution is 2.36. The SMILES string of the molecule is CCCCN(C)Cc1[nH]ncc1-c1ccc(Oc2cccc(C(=O)NC)c2)cc1.CCCCN(C)Cc1cn[nH]c1-c1cc(C)c(OC(C)C)c(Cl)c1.CCCCN(C)Cc1cn[nH]c1-c1ccc(Oc2cccc(C#N)c2)cc1.CCCCN(C)Cc1nn(C)cc1-c1ccc(OCCCOC)cc1. The molecular weight excluding hydrogens is 1340 g/mol. The summed E-state index contributed by atoms with van der Waals surface area (Å²) in [4.78, 5) is 21.1. The average Bonchev–Trinajstić information content (AvgIpc) is 1.82. The number of carbonyl (C=O) groups is 1. The van der Waals surface area contributed by atoms with Gasteiger partial charge in [-0.1, -0.05) is 101 Å². The molecule has 0 fully saturated rings. The number of halogens is 1. The lowest BCUT2D eigenvalue weighted by molar-refractivity contribution is 0.0962. The third kappa shape index (κ3) is 27.1. The van der Waals surface area contributed by atoms with Gasteiger partial charge in [-0.3, -0.25) is 24.8 Å². The van der Waals surface area contributed by atoms with Crippen LogP contribution in [0.3, 0.4) is 0 Å². The van der Waals surface area contributed by atoms with Crippen molar-refractivity contribution in [2.75, 3.05) is 81.7 Å². The van der Waals surface area contributed by atoms with E-state index in [-0.39, 0.29) is 12.0 Å². The molecule has 4 aromatic heterocycles. The minimum Gasteiger partial charge on any atom is -0.494 e. The maximum absolute atomic E-state index is 11.8. The standard InChI is InChI=1S/C23H28N4O2.C22H24N4O.C20H31N3O2.C19H28ClN3O/c1-4-5-13-27(3)16-22-21(15-25-26-22)17-9-11-19(12-10-17)29-20-8-6-7-18(14-20)23(28)24-2;1-3-4-12-26(2)16-19-15-24-25-22(19)18-8-10-20(11-9-18)27-21-7-5-6-17(13-21)14-23;1-5-6-12-22(2)16-20-19(15-23(3)21-20)17-8-10-18(11-9-17)25-14-7-13-24-4;1-6-7-8-23(5)12-16-11-21-22-18(16)15-9-14(4)19(17(20)10-15)24-13(2)3/h6-12,14-15H,4-5,13,16H2,1-3H3,(H,24,28)(H,25,26);5-11,13,15H,3-4,12,16H2,1-2H3,(H,24,25);8-11,15H,5-7,12-14,16H2,1-4H3;9-11,13H,6-8,12H2,1-5H3,(H,21,22). The van der Waals surface area contributed by atoms with E-state index in [1.54, 1.807) is 44.5 Å². The summed E-state index contributed by atoms with van der Waals surface area (Å²) in [5.74, 6) is 4.24. The fraction of sp³-hybridized carbons (Fsp3) is 0.405. The largest absolute Gasteiger partial charge is 0.494 e. The van der Waals surface area contributed by atoms with Gasteiger partial charge in [0.15, 0.2) is 0 Å². The number of amides is 1. The molecule has 1 amide bonds. The van der Waals surface area contributed by atoms with Gasteiger partial charge in [0, 0.05) is 106 Å². The lowest BCUT2D eigenvalue weighted by atomic mass is 10.0. The maximum atomic E-state index is 11.8. The molecular formula is C84H111ClN14O6. The summed E-state index contributed by atoms with van der Waals surface area (Å²) in [5.41, 5.74) is 15.5. The topological polar surface area (TPSA) is 216 Å². The predicted octanol–water partition coefficient (Wildman–Crippen LogP) is 18.2. The Hall–Kier alpha value is -9.59. The van der Waals surface area contributed by atoms with Gasteiger partial charge in [-0.25, -0.2) is 0 Å². The number of rotatable bonds is 36. The molecule has 21 heteroatoms. The number of hydrogen-bond donors (Lipinski definition) is 4. The van der Waals surface area contributed by atoms with Crippen molar-refractivity contribution < 1.29 is 28.5 Å². The van der Waals surface area contributed by atoms with Crippen LogP contribution in [0.25, 0.3) is 44.8 Å². The van der Waals surface area contributed by atoms with Crippen molar-refractivity contribution in [3.8, 4) is 85.3 Å². The maximum Gasteiger partial charge on any atom is 0.251 e. The molecule has 20 nitrogen and oxygen atoms in total. The zero-order valence-corrected chi connectivity index (χ0v) is 65.1. The molecule has 0 unspecified atom stereocenters. The van der Waals surface area contributed by atoms with Gasteiger partial charge in [0.25, 0.3) is 5.91 Å². The molecule has 0 aliphatic heterocycles. The molecule has 0 aliphatic rings. The highest BCUT2D eigenvalue weighted by molar-refractivity contribution is 6.32. The van der Waals surface area contributed by atoms with E-state index in [1.165, 1.54) is 73.6 Å². The summed E-state index contributed by atoms with van der Waals surface area (Å²) in [6.07, 6.45) is 18.4. The van der Waals surface area contributed by atoms with Crippen molar-refractivity contribution in [1.82, 2.24) is 65.3 Å². The van der Waals surface area contributed by atoms with E-state index in [9.17, 15) is 4.79 Å². The summed E-state index contributed by atoms with van der Waals surface area (Å²) in [6, 6.07) is 44.5. The van der Waals surface area contributed by atoms with Crippen molar-refractivity contribution in [3.05, 3.63) is 202 Å². The second-order valence-electron chi connectivity index (χ2n) is 26.8. The van der Waals surface area contributed by atoms with Gasteiger partial charge < -0.3 is 48.6 Å². The van der Waals surface area contributed by atoms with E-state index in [0.29, 0.717) is 40.0 Å². The first kappa shape index (κ1) is 82.7. The molecule has 105 heavy (non-hydrogen) atoms. The van der Waals surface area contributed by atoms with Crippen molar-refractivity contribution in [3.63, 3.8) is 0 Å². The van der Waals surface area contributed by atoms with Gasteiger partial charge >= 0.3 is 0 Å². The zero-order valence-electron chi connectivity index (χ0n) is 64.3. The Labute approximate surface area is 628 Å². The summed E-state index contributed by atoms with van der Waals surface area (Å²) >= 11 is 6.45. The number of carbonyl (C=O) groups excluding carboxylic acids is 1. The second-order valence-corrected chi connectivity index (χ2v) is 27.2. The fourth-order valence-corrected chi connectivity index (χ4v) is 11.9. The highest BCUT2D eigenvalue weighted by atomic mass is 35.5. The molecule has 0 saturated carbocycles. The fourth-order valence-electron chi connectivity index (χ4n) is 11.6. The molecule has 10 aromatic rings. The number of benzene rings is 6. The smallest absolute Gasteiger partial charge is 0.251 e. The van der Waals surface area contributed by atoms with Crippen molar-refractivity contribution in [2.24, 2.45) is 7.05 Å². The van der Waals surface area contributed by atoms with Crippen LogP contribution in [0.5, 0.6) is 34.5 Å². The Morgan fingerprint density at radius 2 is 1.09 bits per heavy atom. The Morgan fingerprint density at radius 3 is 1.62 bits per heavy atom. The van der Waals surface area contributed by atoms with E-state index >= 15 is 0 Å². The molecule has 0 spiro atoms. The first-order valence-corrected chi connectivity index (χ1v) is 37.1. The zero-order chi connectivity index (χ0) is 75.5. The number of aromatic nitrogens is 8. The second kappa shape index (κ2) is 44.3. The number of nitriles is 1. The van der Waals surface area contributed by atoms with Crippen LogP contribution in [-0.2, 0) is 38.0 Å². The van der Waals surface area contributed by atoms with E-state index in [2.05, 4.69) is 147 Å². The van der Waals surface area contributed by atoms with Crippen molar-refractivity contribution in [1.29, 1.82) is 5.26 Å².